The van der Waals surface area contributed by atoms with E-state index in [1.54, 1.807) is 9.80 Å². The molecular weight excluding hydrogens is 252 g/mol. The second-order valence-electron chi connectivity index (χ2n) is 4.26. The molecule has 19 heavy (non-hydrogen) atoms. The Hall–Kier alpha value is -2.22. The van der Waals surface area contributed by atoms with Crippen LogP contribution in [-0.2, 0) is 4.79 Å². The maximum atomic E-state index is 12.0. The number of carboxylic acid groups (broad SMARTS) is 1. The molecule has 0 spiro atoms. The second-order valence-corrected chi connectivity index (χ2v) is 4.26. The summed E-state index contributed by atoms with van der Waals surface area (Å²) >= 11 is 0. The third-order valence-corrected chi connectivity index (χ3v) is 2.91. The van der Waals surface area contributed by atoms with E-state index >= 15 is 0 Å². The Bertz CT molecular complexity index is 513. The van der Waals surface area contributed by atoms with Crippen LogP contribution in [0.15, 0.2) is 17.2 Å². The van der Waals surface area contributed by atoms with Gasteiger partial charge in [-0.2, -0.15) is 0 Å². The van der Waals surface area contributed by atoms with Gasteiger partial charge in [-0.1, -0.05) is 0 Å². The first-order valence-corrected chi connectivity index (χ1v) is 5.84. The maximum Gasteiger partial charge on any atom is 0.317 e. The van der Waals surface area contributed by atoms with Gasteiger partial charge in [0, 0.05) is 32.4 Å². The molecule has 0 saturated carbocycles. The number of carbonyl (C=O) groups excluding carboxylic acids is 1. The molecule has 0 aromatic carbocycles. The highest BCUT2D eigenvalue weighted by Gasteiger charge is 2.23. The third kappa shape index (κ3) is 3.38. The van der Waals surface area contributed by atoms with Crippen LogP contribution in [0.3, 0.4) is 0 Å². The van der Waals surface area contributed by atoms with Gasteiger partial charge in [-0.3, -0.25) is 19.3 Å². The summed E-state index contributed by atoms with van der Waals surface area (Å²) in [5, 5.41) is 8.68. The number of carboxylic acids is 1. The Morgan fingerprint density at radius 1 is 1.32 bits per heavy atom. The van der Waals surface area contributed by atoms with Crippen molar-refractivity contribution in [2.24, 2.45) is 0 Å². The van der Waals surface area contributed by atoms with E-state index < -0.39 is 5.97 Å². The van der Waals surface area contributed by atoms with Crippen molar-refractivity contribution in [1.29, 1.82) is 0 Å². The number of H-pyrrole nitrogens is 1. The van der Waals surface area contributed by atoms with E-state index in [2.05, 4.69) is 9.97 Å². The van der Waals surface area contributed by atoms with Crippen molar-refractivity contribution >= 4 is 11.9 Å². The zero-order valence-electron chi connectivity index (χ0n) is 10.2. The molecule has 8 heteroatoms. The number of piperazine rings is 1. The number of rotatable bonds is 3. The predicted octanol–water partition coefficient (Wildman–Crippen LogP) is -1.39. The minimum Gasteiger partial charge on any atom is -0.480 e. The SMILES string of the molecule is O=C(O)CN1CCN(C(=O)c2c[nH]c(=O)cn2)CC1. The molecule has 1 saturated heterocycles. The molecule has 1 fully saturated rings. The summed E-state index contributed by atoms with van der Waals surface area (Å²) in [4.78, 5) is 43.0. The average Bonchev–Trinajstić information content (AvgIpc) is 2.39. The maximum absolute atomic E-state index is 12.0. The zero-order chi connectivity index (χ0) is 13.8. The molecule has 1 aromatic rings. The summed E-state index contributed by atoms with van der Waals surface area (Å²) in [6.07, 6.45) is 2.35. The summed E-state index contributed by atoms with van der Waals surface area (Å²) in [7, 11) is 0. The Balaban J connectivity index is 1.94. The molecule has 2 N–H and O–H groups in total. The average molecular weight is 266 g/mol. The fraction of sp³-hybridized carbons (Fsp3) is 0.455. The molecule has 102 valence electrons. The summed E-state index contributed by atoms with van der Waals surface area (Å²) in [5.41, 5.74) is -0.172. The molecule has 0 atom stereocenters. The van der Waals surface area contributed by atoms with Crippen molar-refractivity contribution < 1.29 is 14.7 Å². The monoisotopic (exact) mass is 266 g/mol. The first-order valence-electron chi connectivity index (χ1n) is 5.84. The normalized spacial score (nSPS) is 16.3. The van der Waals surface area contributed by atoms with Crippen LogP contribution in [0.4, 0.5) is 0 Å². The standard InChI is InChI=1S/C11H14N4O4/c16-9-6-12-8(5-13-9)11(19)15-3-1-14(2-4-15)7-10(17)18/h5-6H,1-4,7H2,(H,13,16)(H,17,18). The molecule has 0 bridgehead atoms. The Labute approximate surface area is 108 Å². The summed E-state index contributed by atoms with van der Waals surface area (Å²) in [5.74, 6) is -1.13. The van der Waals surface area contributed by atoms with Crippen LogP contribution in [0.25, 0.3) is 0 Å². The van der Waals surface area contributed by atoms with E-state index in [9.17, 15) is 14.4 Å². The summed E-state index contributed by atoms with van der Waals surface area (Å²) < 4.78 is 0. The Morgan fingerprint density at radius 3 is 2.53 bits per heavy atom. The van der Waals surface area contributed by atoms with Crippen LogP contribution in [0.2, 0.25) is 0 Å². The lowest BCUT2D eigenvalue weighted by Crippen LogP contribution is -2.50. The molecule has 1 amide bonds. The summed E-state index contributed by atoms with van der Waals surface area (Å²) in [6.45, 7) is 1.92. The van der Waals surface area contributed by atoms with Crippen molar-refractivity contribution in [1.82, 2.24) is 19.8 Å². The lowest BCUT2D eigenvalue weighted by molar-refractivity contribution is -0.138. The molecule has 1 aliphatic heterocycles. The number of aromatic amines is 1. The molecule has 0 unspecified atom stereocenters. The highest BCUT2D eigenvalue weighted by Crippen LogP contribution is 2.05. The van der Waals surface area contributed by atoms with Crippen LogP contribution < -0.4 is 5.56 Å². The van der Waals surface area contributed by atoms with Crippen molar-refractivity contribution in [3.05, 3.63) is 28.4 Å². The number of nitrogens with one attached hydrogen (secondary N) is 1. The van der Waals surface area contributed by atoms with Crippen molar-refractivity contribution in [2.75, 3.05) is 32.7 Å². The smallest absolute Gasteiger partial charge is 0.317 e. The minimum atomic E-state index is -0.873. The number of aliphatic carboxylic acids is 1. The fourth-order valence-electron chi connectivity index (χ4n) is 1.92. The van der Waals surface area contributed by atoms with Crippen LogP contribution in [0.1, 0.15) is 10.5 Å². The van der Waals surface area contributed by atoms with E-state index in [-0.39, 0.29) is 23.7 Å². The zero-order valence-corrected chi connectivity index (χ0v) is 10.2. The van der Waals surface area contributed by atoms with Crippen LogP contribution in [0.5, 0.6) is 0 Å². The highest BCUT2D eigenvalue weighted by atomic mass is 16.4. The Kier molecular flexibility index (Phi) is 3.91. The molecular formula is C11H14N4O4. The van der Waals surface area contributed by atoms with Gasteiger partial charge in [0.15, 0.2) is 0 Å². The van der Waals surface area contributed by atoms with E-state index in [4.69, 9.17) is 5.11 Å². The predicted molar refractivity (Wildman–Crippen MR) is 64.8 cm³/mol. The quantitative estimate of drug-likeness (QED) is 0.697. The topological polar surface area (TPSA) is 107 Å². The third-order valence-electron chi connectivity index (χ3n) is 2.91. The van der Waals surface area contributed by atoms with Crippen LogP contribution in [0, 0.1) is 0 Å². The Morgan fingerprint density at radius 2 is 2.00 bits per heavy atom. The van der Waals surface area contributed by atoms with Crippen molar-refractivity contribution in [3.63, 3.8) is 0 Å². The molecule has 1 aromatic heterocycles. The van der Waals surface area contributed by atoms with Gasteiger partial charge in [0.2, 0.25) is 0 Å². The molecule has 2 rings (SSSR count). The number of nitrogens with zero attached hydrogens (tertiary/aromatic N) is 3. The van der Waals surface area contributed by atoms with Gasteiger partial charge in [-0.15, -0.1) is 0 Å². The minimum absolute atomic E-state index is 0.0149. The number of carbonyl (C=O) groups is 2. The van der Waals surface area contributed by atoms with Gasteiger partial charge in [0.05, 0.1) is 12.7 Å². The molecule has 2 heterocycles. The lowest BCUT2D eigenvalue weighted by atomic mass is 10.3. The van der Waals surface area contributed by atoms with E-state index in [1.165, 1.54) is 6.20 Å². The number of amides is 1. The van der Waals surface area contributed by atoms with Gasteiger partial charge in [0.25, 0.3) is 11.5 Å². The van der Waals surface area contributed by atoms with Gasteiger partial charge < -0.3 is 15.0 Å². The second kappa shape index (κ2) is 5.61. The lowest BCUT2D eigenvalue weighted by Gasteiger charge is -2.33. The molecule has 8 nitrogen and oxygen atoms in total. The summed E-state index contributed by atoms with van der Waals surface area (Å²) in [6, 6.07) is 0. The molecule has 0 aliphatic carbocycles. The number of aromatic nitrogens is 2. The van der Waals surface area contributed by atoms with E-state index in [0.717, 1.165) is 6.20 Å². The first-order chi connectivity index (χ1) is 9.06. The van der Waals surface area contributed by atoms with E-state index in [0.29, 0.717) is 26.2 Å². The fourth-order valence-corrected chi connectivity index (χ4v) is 1.92. The highest BCUT2D eigenvalue weighted by molar-refractivity contribution is 5.92. The van der Waals surface area contributed by atoms with Gasteiger partial charge in [-0.05, 0) is 0 Å². The van der Waals surface area contributed by atoms with Gasteiger partial charge in [-0.25, -0.2) is 4.98 Å². The number of hydrogen-bond donors (Lipinski definition) is 2. The molecule has 0 radical (unpaired) electrons. The van der Waals surface area contributed by atoms with Gasteiger partial charge in [0.1, 0.15) is 5.69 Å². The largest absolute Gasteiger partial charge is 0.480 e. The van der Waals surface area contributed by atoms with Crippen molar-refractivity contribution in [2.45, 2.75) is 0 Å². The van der Waals surface area contributed by atoms with E-state index in [1.807, 2.05) is 0 Å². The van der Waals surface area contributed by atoms with Crippen molar-refractivity contribution in [3.8, 4) is 0 Å². The molecule has 1 aliphatic rings. The van der Waals surface area contributed by atoms with Gasteiger partial charge >= 0.3 is 5.97 Å². The van der Waals surface area contributed by atoms with Crippen LogP contribution in [-0.4, -0.2) is 69.5 Å². The first kappa shape index (κ1) is 13.2. The number of hydrogen-bond acceptors (Lipinski definition) is 5. The van der Waals surface area contributed by atoms with Crippen LogP contribution >= 0.6 is 0 Å².